The third-order valence-electron chi connectivity index (χ3n) is 5.23. The maximum absolute atomic E-state index is 12.9. The predicted octanol–water partition coefficient (Wildman–Crippen LogP) is 7.41. The lowest BCUT2D eigenvalue weighted by molar-refractivity contribution is -0.127. The first kappa shape index (κ1) is 28.0. The molecule has 0 atom stereocenters. The van der Waals surface area contributed by atoms with Gasteiger partial charge in [-0.3, -0.25) is 19.3 Å². The summed E-state index contributed by atoms with van der Waals surface area (Å²) in [4.78, 5) is 38.9. The van der Waals surface area contributed by atoms with Crippen LogP contribution < -0.4 is 14.8 Å². The average Bonchev–Trinajstić information content (AvgIpc) is 3.13. The van der Waals surface area contributed by atoms with Crippen LogP contribution in [0.25, 0.3) is 6.08 Å². The fraction of sp³-hybridized carbons (Fsp3) is 0.148. The van der Waals surface area contributed by atoms with Crippen LogP contribution in [0.1, 0.15) is 18.1 Å². The molecule has 0 aromatic heterocycles. The van der Waals surface area contributed by atoms with E-state index in [2.05, 4.69) is 21.2 Å². The first-order valence-corrected chi connectivity index (χ1v) is 13.7. The molecule has 0 spiro atoms. The molecule has 1 heterocycles. The number of para-hydroxylation sites is 1. The molecule has 1 N–H and O–H groups in total. The van der Waals surface area contributed by atoms with Crippen LogP contribution in [0.15, 0.2) is 70.0 Å². The molecule has 0 radical (unpaired) electrons. The molecule has 7 nitrogen and oxygen atoms in total. The summed E-state index contributed by atoms with van der Waals surface area (Å²) in [7, 11) is 0. The van der Waals surface area contributed by atoms with E-state index < -0.39 is 17.1 Å². The summed E-state index contributed by atoms with van der Waals surface area (Å²) >= 11 is 16.4. The second-order valence-corrected chi connectivity index (χ2v) is 10.6. The monoisotopic (exact) mass is 634 g/mol. The number of thioether (sulfide) groups is 1. The van der Waals surface area contributed by atoms with Gasteiger partial charge in [0.15, 0.2) is 11.5 Å². The molecule has 1 aliphatic heterocycles. The predicted molar refractivity (Wildman–Crippen MR) is 154 cm³/mol. The number of imide groups is 1. The van der Waals surface area contributed by atoms with Crippen molar-refractivity contribution in [2.45, 2.75) is 13.5 Å². The molecule has 38 heavy (non-hydrogen) atoms. The Balaban J connectivity index is 1.49. The number of nitrogens with one attached hydrogen (secondary N) is 1. The Hall–Kier alpha value is -2.98. The first-order chi connectivity index (χ1) is 18.2. The van der Waals surface area contributed by atoms with E-state index >= 15 is 0 Å². The number of benzene rings is 3. The van der Waals surface area contributed by atoms with Crippen LogP contribution in [0.4, 0.5) is 10.5 Å². The van der Waals surface area contributed by atoms with E-state index in [4.69, 9.17) is 32.7 Å². The highest BCUT2D eigenvalue weighted by atomic mass is 79.9. The number of ether oxygens (including phenoxy) is 2. The number of carbonyl (C=O) groups excluding carboxylic acids is 3. The van der Waals surface area contributed by atoms with Gasteiger partial charge in [0, 0.05) is 5.69 Å². The van der Waals surface area contributed by atoms with Gasteiger partial charge >= 0.3 is 0 Å². The summed E-state index contributed by atoms with van der Waals surface area (Å²) in [6.45, 7) is 2.06. The Morgan fingerprint density at radius 1 is 1.05 bits per heavy atom. The highest BCUT2D eigenvalue weighted by molar-refractivity contribution is 9.10. The summed E-state index contributed by atoms with van der Waals surface area (Å²) < 4.78 is 12.4. The van der Waals surface area contributed by atoms with Crippen molar-refractivity contribution in [3.05, 3.63) is 91.2 Å². The van der Waals surface area contributed by atoms with Crippen molar-refractivity contribution >= 4 is 79.7 Å². The van der Waals surface area contributed by atoms with Gasteiger partial charge in [0.1, 0.15) is 13.2 Å². The van der Waals surface area contributed by atoms with E-state index in [-0.39, 0.29) is 18.1 Å². The maximum atomic E-state index is 12.9. The molecule has 1 aliphatic rings. The third kappa shape index (κ3) is 6.91. The quantitative estimate of drug-likeness (QED) is 0.247. The van der Waals surface area contributed by atoms with E-state index in [1.54, 1.807) is 54.6 Å². The van der Waals surface area contributed by atoms with Crippen LogP contribution in [0.2, 0.25) is 10.0 Å². The summed E-state index contributed by atoms with van der Waals surface area (Å²) in [5, 5.41) is 3.04. The zero-order valence-corrected chi connectivity index (χ0v) is 23.9. The van der Waals surface area contributed by atoms with Gasteiger partial charge < -0.3 is 14.8 Å². The number of anilines is 1. The third-order valence-corrected chi connectivity index (χ3v) is 7.46. The number of rotatable bonds is 9. The lowest BCUT2D eigenvalue weighted by atomic mass is 10.1. The molecule has 3 amide bonds. The van der Waals surface area contributed by atoms with Gasteiger partial charge in [-0.15, -0.1) is 0 Å². The smallest absolute Gasteiger partial charge is 0.294 e. The van der Waals surface area contributed by atoms with Crippen molar-refractivity contribution in [3.63, 3.8) is 0 Å². The molecule has 0 aliphatic carbocycles. The van der Waals surface area contributed by atoms with Gasteiger partial charge in [-0.05, 0) is 88.2 Å². The molecular weight excluding hydrogens is 615 g/mol. The lowest BCUT2D eigenvalue weighted by Crippen LogP contribution is -2.36. The molecule has 196 valence electrons. The van der Waals surface area contributed by atoms with E-state index in [1.807, 2.05) is 19.1 Å². The fourth-order valence-electron chi connectivity index (χ4n) is 3.51. The minimum absolute atomic E-state index is 0.196. The van der Waals surface area contributed by atoms with Crippen molar-refractivity contribution in [2.75, 3.05) is 18.5 Å². The summed E-state index contributed by atoms with van der Waals surface area (Å²) in [6.07, 6.45) is 1.58. The zero-order chi connectivity index (χ0) is 27.2. The first-order valence-electron chi connectivity index (χ1n) is 11.4. The van der Waals surface area contributed by atoms with E-state index in [0.29, 0.717) is 43.9 Å². The van der Waals surface area contributed by atoms with Crippen LogP contribution >= 0.6 is 50.9 Å². The second kappa shape index (κ2) is 12.7. The van der Waals surface area contributed by atoms with Crippen molar-refractivity contribution in [1.82, 2.24) is 4.90 Å². The number of hydrogen-bond acceptors (Lipinski definition) is 6. The normalized spacial score (nSPS) is 14.2. The summed E-state index contributed by atoms with van der Waals surface area (Å²) in [6, 6.07) is 17.5. The van der Waals surface area contributed by atoms with Crippen LogP contribution in [-0.2, 0) is 16.2 Å². The molecular formula is C27H21BrCl2N2O5S. The highest BCUT2D eigenvalue weighted by Gasteiger charge is 2.36. The number of amides is 3. The minimum atomic E-state index is -0.544. The molecule has 1 saturated heterocycles. The summed E-state index contributed by atoms with van der Waals surface area (Å²) in [5.74, 6) is -0.0859. The Bertz CT molecular complexity index is 1420. The van der Waals surface area contributed by atoms with Gasteiger partial charge in [-0.25, -0.2) is 0 Å². The van der Waals surface area contributed by atoms with Gasteiger partial charge in [-0.2, -0.15) is 0 Å². The molecule has 4 rings (SSSR count). The molecule has 0 bridgehead atoms. The van der Waals surface area contributed by atoms with Gasteiger partial charge in [-0.1, -0.05) is 47.5 Å². The zero-order valence-electron chi connectivity index (χ0n) is 20.0. The molecule has 0 unspecified atom stereocenters. The van der Waals surface area contributed by atoms with Crippen molar-refractivity contribution in [1.29, 1.82) is 0 Å². The Morgan fingerprint density at radius 2 is 1.82 bits per heavy atom. The van der Waals surface area contributed by atoms with Crippen LogP contribution in [-0.4, -0.2) is 35.1 Å². The number of nitrogens with zero attached hydrogens (tertiary/aromatic N) is 1. The maximum Gasteiger partial charge on any atom is 0.294 e. The molecule has 3 aromatic rings. The Labute approximate surface area is 242 Å². The largest absolute Gasteiger partial charge is 0.490 e. The second-order valence-electron chi connectivity index (χ2n) is 7.98. The van der Waals surface area contributed by atoms with Crippen LogP contribution in [0.5, 0.6) is 11.5 Å². The SMILES string of the molecule is CCOc1cc(/C=C2/SC(=O)N(CC(=O)Nc3ccccc3)C2=O)cc(Br)c1OCc1ccc(Cl)c(Cl)c1. The van der Waals surface area contributed by atoms with Crippen LogP contribution in [0, 0.1) is 0 Å². The Morgan fingerprint density at radius 3 is 2.53 bits per heavy atom. The van der Waals surface area contributed by atoms with Crippen molar-refractivity contribution < 1.29 is 23.9 Å². The number of halogens is 3. The highest BCUT2D eigenvalue weighted by Crippen LogP contribution is 2.40. The molecule has 0 saturated carbocycles. The van der Waals surface area contributed by atoms with E-state index in [9.17, 15) is 14.4 Å². The standard InChI is InChI=1S/C27H21BrCl2N2O5S/c1-2-36-22-12-17(10-19(28)25(22)37-15-16-8-9-20(29)21(30)11-16)13-23-26(34)32(27(35)38-23)14-24(33)31-18-6-4-3-5-7-18/h3-13H,2,14-15H2,1H3,(H,31,33)/b23-13+. The minimum Gasteiger partial charge on any atom is -0.490 e. The molecule has 11 heteroatoms. The topological polar surface area (TPSA) is 84.9 Å². The van der Waals surface area contributed by atoms with Crippen molar-refractivity contribution in [2.24, 2.45) is 0 Å². The van der Waals surface area contributed by atoms with Gasteiger partial charge in [0.05, 0.1) is 26.0 Å². The van der Waals surface area contributed by atoms with Gasteiger partial charge in [0.2, 0.25) is 5.91 Å². The molecule has 3 aromatic carbocycles. The molecule has 1 fully saturated rings. The summed E-state index contributed by atoms with van der Waals surface area (Å²) in [5.41, 5.74) is 2.01. The Kier molecular flexibility index (Phi) is 9.38. The van der Waals surface area contributed by atoms with E-state index in [1.165, 1.54) is 0 Å². The van der Waals surface area contributed by atoms with Gasteiger partial charge in [0.25, 0.3) is 11.1 Å². The van der Waals surface area contributed by atoms with Crippen molar-refractivity contribution in [3.8, 4) is 11.5 Å². The lowest BCUT2D eigenvalue weighted by Gasteiger charge is -2.15. The average molecular weight is 636 g/mol. The van der Waals surface area contributed by atoms with Crippen LogP contribution in [0.3, 0.4) is 0 Å². The fourth-order valence-corrected chi connectivity index (χ4v) is 5.25. The van der Waals surface area contributed by atoms with E-state index in [0.717, 1.165) is 22.2 Å². The number of hydrogen-bond donors (Lipinski definition) is 1. The number of carbonyl (C=O) groups is 3.